The summed E-state index contributed by atoms with van der Waals surface area (Å²) in [7, 11) is 0. The summed E-state index contributed by atoms with van der Waals surface area (Å²) < 4.78 is 1.79. The first-order valence-electron chi connectivity index (χ1n) is 5.26. The molecule has 3 rings (SSSR count). The van der Waals surface area contributed by atoms with Crippen molar-refractivity contribution in [2.75, 3.05) is 13.1 Å². The van der Waals surface area contributed by atoms with Crippen LogP contribution in [0, 0.1) is 0 Å². The first-order valence-corrected chi connectivity index (χ1v) is 5.26. The van der Waals surface area contributed by atoms with E-state index in [0.29, 0.717) is 11.7 Å². The monoisotopic (exact) mass is 207 g/mol. The van der Waals surface area contributed by atoms with Gasteiger partial charge in [-0.1, -0.05) is 5.21 Å². The van der Waals surface area contributed by atoms with Crippen molar-refractivity contribution in [1.29, 1.82) is 0 Å². The second-order valence-electron chi connectivity index (χ2n) is 4.14. The predicted octanol–water partition coefficient (Wildman–Crippen LogP) is -0.685. The van der Waals surface area contributed by atoms with Crippen LogP contribution >= 0.6 is 0 Å². The molecular weight excluding hydrogens is 194 g/mol. The number of amides is 1. The van der Waals surface area contributed by atoms with Crippen molar-refractivity contribution in [2.45, 2.75) is 24.9 Å². The van der Waals surface area contributed by atoms with Gasteiger partial charge in [-0.15, -0.1) is 5.10 Å². The van der Waals surface area contributed by atoms with Crippen LogP contribution < -0.4 is 10.6 Å². The lowest BCUT2D eigenvalue weighted by Gasteiger charge is -2.27. The Labute approximate surface area is 87.0 Å². The molecule has 0 atom stereocenters. The summed E-state index contributed by atoms with van der Waals surface area (Å²) in [5, 5.41) is 13.8. The van der Waals surface area contributed by atoms with Gasteiger partial charge in [0.15, 0.2) is 5.69 Å². The number of nitrogens with one attached hydrogen (secondary N) is 2. The Morgan fingerprint density at radius 1 is 1.53 bits per heavy atom. The number of carbonyl (C=O) groups excluding carboxylic acids is 1. The smallest absolute Gasteiger partial charge is 0.273 e. The zero-order valence-electron chi connectivity index (χ0n) is 8.31. The van der Waals surface area contributed by atoms with E-state index in [1.165, 1.54) is 0 Å². The third-order valence-corrected chi connectivity index (χ3v) is 2.78. The molecule has 2 fully saturated rings. The van der Waals surface area contributed by atoms with Crippen molar-refractivity contribution in [1.82, 2.24) is 25.6 Å². The van der Waals surface area contributed by atoms with Gasteiger partial charge >= 0.3 is 0 Å². The van der Waals surface area contributed by atoms with Gasteiger partial charge in [0.1, 0.15) is 0 Å². The van der Waals surface area contributed by atoms with Crippen molar-refractivity contribution in [2.24, 2.45) is 0 Å². The van der Waals surface area contributed by atoms with Gasteiger partial charge in [-0.05, 0) is 12.8 Å². The number of carbonyl (C=O) groups is 1. The van der Waals surface area contributed by atoms with Crippen molar-refractivity contribution in [3.05, 3.63) is 11.9 Å². The Bertz CT molecular complexity index is 380. The zero-order valence-corrected chi connectivity index (χ0v) is 8.31. The second-order valence-corrected chi connectivity index (χ2v) is 4.14. The molecule has 0 unspecified atom stereocenters. The van der Waals surface area contributed by atoms with Crippen LogP contribution in [0.4, 0.5) is 0 Å². The Kier molecular flexibility index (Phi) is 1.95. The topological polar surface area (TPSA) is 71.8 Å². The quantitative estimate of drug-likeness (QED) is 0.688. The second kappa shape index (κ2) is 3.30. The van der Waals surface area contributed by atoms with Gasteiger partial charge in [-0.2, -0.15) is 0 Å². The Hall–Kier alpha value is -1.43. The first-order chi connectivity index (χ1) is 7.33. The SMILES string of the molecule is O=C(NC1CNC1)c1cn(C2CC2)nn1. The summed E-state index contributed by atoms with van der Waals surface area (Å²) in [6.45, 7) is 1.70. The van der Waals surface area contributed by atoms with Crippen LogP contribution in [0.2, 0.25) is 0 Å². The van der Waals surface area contributed by atoms with E-state index in [1.807, 2.05) is 0 Å². The van der Waals surface area contributed by atoms with Gasteiger partial charge in [-0.25, -0.2) is 4.68 Å². The number of hydrogen-bond donors (Lipinski definition) is 2. The number of hydrogen-bond acceptors (Lipinski definition) is 4. The average molecular weight is 207 g/mol. The summed E-state index contributed by atoms with van der Waals surface area (Å²) in [5.74, 6) is -0.117. The summed E-state index contributed by atoms with van der Waals surface area (Å²) in [6, 6.07) is 0.730. The van der Waals surface area contributed by atoms with E-state index in [9.17, 15) is 4.79 Å². The fraction of sp³-hybridized carbons (Fsp3) is 0.667. The van der Waals surface area contributed by atoms with Crippen LogP contribution in [0.25, 0.3) is 0 Å². The van der Waals surface area contributed by atoms with E-state index in [4.69, 9.17) is 0 Å². The molecule has 0 bridgehead atoms. The molecule has 1 aliphatic heterocycles. The number of rotatable bonds is 3. The molecule has 2 aliphatic rings. The highest BCUT2D eigenvalue weighted by molar-refractivity contribution is 5.92. The molecule has 2 heterocycles. The third-order valence-electron chi connectivity index (χ3n) is 2.78. The third kappa shape index (κ3) is 1.72. The van der Waals surface area contributed by atoms with Crippen LogP contribution in [-0.4, -0.2) is 40.0 Å². The van der Waals surface area contributed by atoms with Crippen LogP contribution in [-0.2, 0) is 0 Å². The van der Waals surface area contributed by atoms with Crippen LogP contribution in [0.3, 0.4) is 0 Å². The normalized spacial score (nSPS) is 21.1. The van der Waals surface area contributed by atoms with Gasteiger partial charge in [-0.3, -0.25) is 4.79 Å². The summed E-state index contributed by atoms with van der Waals surface area (Å²) in [4.78, 5) is 11.6. The van der Waals surface area contributed by atoms with Gasteiger partial charge in [0.05, 0.1) is 18.3 Å². The Morgan fingerprint density at radius 2 is 2.33 bits per heavy atom. The molecule has 1 aromatic heterocycles. The molecule has 0 aromatic carbocycles. The molecule has 2 N–H and O–H groups in total. The van der Waals surface area contributed by atoms with Gasteiger partial charge in [0.2, 0.25) is 0 Å². The summed E-state index contributed by atoms with van der Waals surface area (Å²) in [5.41, 5.74) is 0.425. The maximum Gasteiger partial charge on any atom is 0.273 e. The van der Waals surface area contributed by atoms with Crippen molar-refractivity contribution >= 4 is 5.91 Å². The van der Waals surface area contributed by atoms with E-state index in [2.05, 4.69) is 20.9 Å². The maximum absolute atomic E-state index is 11.6. The maximum atomic E-state index is 11.6. The lowest BCUT2D eigenvalue weighted by atomic mass is 10.2. The van der Waals surface area contributed by atoms with Gasteiger partial charge in [0, 0.05) is 13.1 Å². The van der Waals surface area contributed by atoms with Gasteiger partial charge < -0.3 is 10.6 Å². The van der Waals surface area contributed by atoms with Crippen LogP contribution in [0.1, 0.15) is 29.4 Å². The molecule has 1 saturated heterocycles. The van der Waals surface area contributed by atoms with E-state index >= 15 is 0 Å². The molecule has 1 amide bonds. The van der Waals surface area contributed by atoms with E-state index in [-0.39, 0.29) is 11.9 Å². The number of nitrogens with zero attached hydrogens (tertiary/aromatic N) is 3. The largest absolute Gasteiger partial charge is 0.345 e. The predicted molar refractivity (Wildman–Crippen MR) is 52.4 cm³/mol. The minimum absolute atomic E-state index is 0.117. The van der Waals surface area contributed by atoms with E-state index in [1.54, 1.807) is 10.9 Å². The van der Waals surface area contributed by atoms with Crippen molar-refractivity contribution < 1.29 is 4.79 Å². The standard InChI is InChI=1S/C9H13N5O/c15-9(11-6-3-10-4-6)8-5-14(13-12-8)7-1-2-7/h5-7,10H,1-4H2,(H,11,15). The zero-order chi connectivity index (χ0) is 10.3. The van der Waals surface area contributed by atoms with Crippen molar-refractivity contribution in [3.8, 4) is 0 Å². The summed E-state index contributed by atoms with van der Waals surface area (Å²) in [6.07, 6.45) is 4.03. The number of aromatic nitrogens is 3. The molecule has 6 nitrogen and oxygen atoms in total. The molecule has 1 aliphatic carbocycles. The highest BCUT2D eigenvalue weighted by atomic mass is 16.2. The lowest BCUT2D eigenvalue weighted by Crippen LogP contribution is -2.57. The van der Waals surface area contributed by atoms with E-state index < -0.39 is 0 Å². The molecule has 0 radical (unpaired) electrons. The molecule has 15 heavy (non-hydrogen) atoms. The minimum atomic E-state index is -0.117. The van der Waals surface area contributed by atoms with Crippen LogP contribution in [0.15, 0.2) is 6.20 Å². The molecule has 80 valence electrons. The first kappa shape index (κ1) is 8.84. The molecule has 0 spiro atoms. The lowest BCUT2D eigenvalue weighted by molar-refractivity contribution is 0.0918. The fourth-order valence-corrected chi connectivity index (χ4v) is 1.55. The Balaban J connectivity index is 1.65. The Morgan fingerprint density at radius 3 is 2.93 bits per heavy atom. The minimum Gasteiger partial charge on any atom is -0.345 e. The molecule has 1 saturated carbocycles. The van der Waals surface area contributed by atoms with Crippen molar-refractivity contribution in [3.63, 3.8) is 0 Å². The summed E-state index contributed by atoms with van der Waals surface area (Å²) >= 11 is 0. The molecular formula is C9H13N5O. The molecule has 6 heteroatoms. The fourth-order valence-electron chi connectivity index (χ4n) is 1.55. The molecule has 1 aromatic rings. The van der Waals surface area contributed by atoms with Gasteiger partial charge in [0.25, 0.3) is 5.91 Å². The highest BCUT2D eigenvalue weighted by Gasteiger charge is 2.26. The van der Waals surface area contributed by atoms with Crippen LogP contribution in [0.5, 0.6) is 0 Å². The van der Waals surface area contributed by atoms with E-state index in [0.717, 1.165) is 25.9 Å². The highest BCUT2D eigenvalue weighted by Crippen LogP contribution is 2.33. The average Bonchev–Trinajstić information content (AvgIpc) is 2.90.